The van der Waals surface area contributed by atoms with Crippen LogP contribution in [0.15, 0.2) is 95.1 Å². The van der Waals surface area contributed by atoms with Crippen molar-refractivity contribution in [1.29, 1.82) is 0 Å². The van der Waals surface area contributed by atoms with Crippen molar-refractivity contribution in [3.63, 3.8) is 0 Å². The Labute approximate surface area is 598 Å². The van der Waals surface area contributed by atoms with Crippen LogP contribution >= 0.6 is 0 Å². The number of hydrogen-bond acceptors (Lipinski definition) is 12. The summed E-state index contributed by atoms with van der Waals surface area (Å²) in [5.74, 6) is 0. The lowest BCUT2D eigenvalue weighted by Crippen LogP contribution is -2.31. The minimum atomic E-state index is -0.427. The molecule has 0 heterocycles. The second-order valence-corrected chi connectivity index (χ2v) is 24.3. The summed E-state index contributed by atoms with van der Waals surface area (Å²) in [7, 11) is 0. The maximum atomic E-state index is 13.0. The quantitative estimate of drug-likeness (QED) is 0.0221. The van der Waals surface area contributed by atoms with E-state index in [0.717, 1.165) is 103 Å². The maximum absolute atomic E-state index is 13.0. The second kappa shape index (κ2) is 40.5. The lowest BCUT2D eigenvalue weighted by molar-refractivity contribution is -0.384. The lowest BCUT2D eigenvalue weighted by Gasteiger charge is -2.24. The molecule has 0 N–H and O–H groups in total. The van der Waals surface area contributed by atoms with Crippen molar-refractivity contribution >= 4 is 112 Å². The van der Waals surface area contributed by atoms with Crippen LogP contribution in [0.25, 0.3) is 66.7 Å². The molecule has 0 aliphatic heterocycles. The molecule has 0 spiro atoms. The van der Waals surface area contributed by atoms with Crippen LogP contribution in [-0.4, -0.2) is 72.1 Å². The number of unbranched alkanes of at least 4 members (excludes halogenated alkanes) is 8. The van der Waals surface area contributed by atoms with Crippen molar-refractivity contribution in [3.05, 3.63) is 240 Å². The van der Waals surface area contributed by atoms with Gasteiger partial charge in [0.15, 0.2) is 0 Å². The van der Waals surface area contributed by atoms with Crippen LogP contribution < -0.4 is 50.9 Å². The molecule has 0 bridgehead atoms. The fourth-order valence-corrected chi connectivity index (χ4v) is 11.1. The first-order valence-electron chi connectivity index (χ1n) is 35.2. The number of anilines is 4. The Bertz CT molecular complexity index is 4780. The number of benzene rings is 5. The van der Waals surface area contributed by atoms with E-state index in [2.05, 4.69) is 197 Å². The molecule has 0 fully saturated rings. The Morgan fingerprint density at radius 1 is 0.255 bits per heavy atom. The summed E-state index contributed by atoms with van der Waals surface area (Å²) >= 11 is 0. The van der Waals surface area contributed by atoms with Gasteiger partial charge < -0.3 is 19.6 Å². The van der Waals surface area contributed by atoms with Gasteiger partial charge in [-0.05, 0) is 159 Å². The van der Waals surface area contributed by atoms with Gasteiger partial charge in [0.05, 0.1) is 19.7 Å². The van der Waals surface area contributed by atoms with Crippen LogP contribution in [0, 0.1) is 113 Å². The highest BCUT2D eigenvalue weighted by Crippen LogP contribution is 2.35. The minimum absolute atomic E-state index is 0.155. The highest BCUT2D eigenvalue weighted by molar-refractivity contribution is 5.89. The third-order valence-electron chi connectivity index (χ3n) is 16.8. The number of rotatable bonds is 32. The molecule has 0 atom stereocenters. The van der Waals surface area contributed by atoms with E-state index in [1.165, 1.54) is 24.3 Å². The average Bonchev–Trinajstić information content (AvgIpc) is 0.804. The highest BCUT2D eigenvalue weighted by atomic mass is 16.6. The van der Waals surface area contributed by atoms with Crippen LogP contribution in [-0.2, 0) is 0 Å². The molecule has 102 heavy (non-hydrogen) atoms. The van der Waals surface area contributed by atoms with Crippen molar-refractivity contribution in [3.8, 4) is 0 Å². The Hall–Kier alpha value is -12.4. The van der Waals surface area contributed by atoms with E-state index in [4.69, 9.17) is 0 Å². The van der Waals surface area contributed by atoms with Crippen LogP contribution in [0.5, 0.6) is 0 Å². The summed E-state index contributed by atoms with van der Waals surface area (Å²) in [6.45, 7) is 21.0. The topological polar surface area (TPSA) is 186 Å². The van der Waals surface area contributed by atoms with Gasteiger partial charge in [0.25, 0.3) is 22.7 Å². The molecule has 1 aliphatic carbocycles. The standard InChI is InChI=1S/C86H82N8O8/c1-9-17-49-87(50-18-10-2)79-59-71-41-29-25-37-67-57-69-39-27-31-43-73-61-81(89(53-21-13-5)54-22-14-6)85(93(99)100)65-77(73)47-35-36-48-78-66-86(94(101)102)82(90(55-23-15-7)56-24-16-8)62-74(78)44-32-28-40-70(69)58-68(67)38-26-30-42-72-60-80(88(51-19-11-3)52-20-12-4)84(92(97)98)64-76(72)46-34-33-45-75(71)63-83(79)91(95)96/h57-66H,9-24,49-56H2,1-8H3. The normalized spacial score (nSPS) is 10.4. The Kier molecular flexibility index (Phi) is 30.6. The SMILES string of the molecule is CCCCN(CCCC)c1cc2c(cc1[N+](=O)[O-])=C=C=C=C=c1cc([N+](=O)[O-])c(N(CCCC)CCCC)cc1=C=C=C=C=c1cc3c#cc#cc4cc(N(CCCC)CCCC)c([N+](=O)[O-])cc4c#cc#cc4cc([N+](=O)[O-])c(N(CCCC)CCCC)cc4c#cc#cc3cc1=C=C=C=C=2. The maximum Gasteiger partial charge on any atom is 0.293 e. The molecule has 0 saturated carbocycles. The summed E-state index contributed by atoms with van der Waals surface area (Å²) in [5, 5.41) is 55.6. The zero-order valence-electron chi connectivity index (χ0n) is 59.6. The Balaban J connectivity index is 1.78. The van der Waals surface area contributed by atoms with Gasteiger partial charge in [-0.25, -0.2) is 0 Å². The Morgan fingerprint density at radius 3 is 0.647 bits per heavy atom. The van der Waals surface area contributed by atoms with Crippen molar-refractivity contribution in [2.75, 3.05) is 72.0 Å². The van der Waals surface area contributed by atoms with E-state index in [1.807, 2.05) is 19.6 Å². The van der Waals surface area contributed by atoms with Crippen LogP contribution in [0.1, 0.15) is 158 Å². The molecule has 1 aliphatic rings. The largest absolute Gasteiger partial charge is 0.366 e. The molecule has 6 aromatic carbocycles. The van der Waals surface area contributed by atoms with Crippen LogP contribution in [0.4, 0.5) is 45.5 Å². The van der Waals surface area contributed by atoms with E-state index in [0.29, 0.717) is 118 Å². The first-order valence-corrected chi connectivity index (χ1v) is 35.2. The van der Waals surface area contributed by atoms with Gasteiger partial charge in [0, 0.05) is 140 Å². The molecule has 0 aromatic heterocycles. The number of fused-ring (bicyclic) bond motifs is 6. The predicted octanol–water partition coefficient (Wildman–Crippen LogP) is 14.7. The van der Waals surface area contributed by atoms with Gasteiger partial charge in [0.1, 0.15) is 22.7 Å². The summed E-state index contributed by atoms with van der Waals surface area (Å²) in [6.07, 6.45) is 13.2. The zero-order valence-corrected chi connectivity index (χ0v) is 59.6. The predicted molar refractivity (Wildman–Crippen MR) is 405 cm³/mol. The summed E-state index contributed by atoms with van der Waals surface area (Å²) in [5.41, 5.74) is 37.2. The molecule has 0 saturated heterocycles. The van der Waals surface area contributed by atoms with Gasteiger partial charge in [-0.2, -0.15) is 0 Å². The van der Waals surface area contributed by atoms with Crippen LogP contribution in [0.3, 0.4) is 0 Å². The van der Waals surface area contributed by atoms with E-state index in [9.17, 15) is 40.5 Å². The number of hydrogen-bond donors (Lipinski definition) is 0. The first kappa shape index (κ1) is 77.0. The first-order chi connectivity index (χ1) is 49.6. The van der Waals surface area contributed by atoms with Crippen LogP contribution in [0.2, 0.25) is 0 Å². The molecule has 16 nitrogen and oxygen atoms in total. The third-order valence-corrected chi connectivity index (χ3v) is 16.8. The van der Waals surface area contributed by atoms with Gasteiger partial charge in [-0.15, -0.1) is 0 Å². The number of nitro groups is 4. The molecule has 514 valence electrons. The number of nitrogens with zero attached hydrogens (tertiary/aromatic N) is 8. The second-order valence-electron chi connectivity index (χ2n) is 24.3. The number of nitro benzene ring substituents is 4. The molecule has 0 amide bonds. The van der Waals surface area contributed by atoms with E-state index in [-0.39, 0.29) is 44.0 Å². The molecular formula is C86H82N8O8. The van der Waals surface area contributed by atoms with E-state index >= 15 is 0 Å². The van der Waals surface area contributed by atoms with Gasteiger partial charge >= 0.3 is 0 Å². The zero-order chi connectivity index (χ0) is 73.2. The average molecular weight is 1360 g/mol. The molecule has 0 radical (unpaired) electrons. The minimum Gasteiger partial charge on any atom is -0.366 e. The highest BCUT2D eigenvalue weighted by Gasteiger charge is 2.24. The van der Waals surface area contributed by atoms with E-state index < -0.39 is 19.7 Å². The van der Waals surface area contributed by atoms with Gasteiger partial charge in [-0.3, -0.25) is 40.5 Å². The fraction of sp³-hybridized carbons (Fsp3) is 0.372. The molecule has 16 heteroatoms. The van der Waals surface area contributed by atoms with Crippen molar-refractivity contribution < 1.29 is 19.7 Å². The summed E-state index contributed by atoms with van der Waals surface area (Å²) in [4.78, 5) is 58.3. The van der Waals surface area contributed by atoms with E-state index in [1.54, 1.807) is 36.4 Å². The monoisotopic (exact) mass is 1350 g/mol. The Morgan fingerprint density at radius 2 is 0.431 bits per heavy atom. The molecular weight excluding hydrogens is 1270 g/mol. The van der Waals surface area contributed by atoms with Crippen molar-refractivity contribution in [2.45, 2.75) is 158 Å². The molecule has 6 aromatic rings. The van der Waals surface area contributed by atoms with Gasteiger partial charge in [0.2, 0.25) is 0 Å². The summed E-state index contributed by atoms with van der Waals surface area (Å²) < 4.78 is 0. The van der Waals surface area contributed by atoms with Crippen molar-refractivity contribution in [2.24, 2.45) is 0 Å². The smallest absolute Gasteiger partial charge is 0.293 e. The summed E-state index contributed by atoms with van der Waals surface area (Å²) in [6, 6.07) is 52.0. The molecule has 7 rings (SSSR count). The molecule has 0 unspecified atom stereocenters. The fourth-order valence-electron chi connectivity index (χ4n) is 11.1. The third kappa shape index (κ3) is 21.8. The van der Waals surface area contributed by atoms with Gasteiger partial charge in [-0.1, -0.05) is 178 Å². The van der Waals surface area contributed by atoms with Crippen molar-refractivity contribution in [1.82, 2.24) is 0 Å². The lowest BCUT2D eigenvalue weighted by atomic mass is 10.1.